The Morgan fingerprint density at radius 2 is 1.95 bits per heavy atom. The Morgan fingerprint density at radius 1 is 1.32 bits per heavy atom. The van der Waals surface area contributed by atoms with Gasteiger partial charge in [0.05, 0.1) is 12.9 Å². The van der Waals surface area contributed by atoms with E-state index in [2.05, 4.69) is 9.50 Å². The number of amides is 1. The molecule has 0 aromatic rings. The Balaban J connectivity index is 2.39. The van der Waals surface area contributed by atoms with Gasteiger partial charge in [-0.1, -0.05) is 0 Å². The predicted octanol–water partition coefficient (Wildman–Crippen LogP) is 1.66. The van der Waals surface area contributed by atoms with Crippen molar-refractivity contribution in [1.82, 2.24) is 5.32 Å². The van der Waals surface area contributed by atoms with Gasteiger partial charge in [0.1, 0.15) is 5.60 Å². The average molecular weight is 293 g/mol. The van der Waals surface area contributed by atoms with Gasteiger partial charge in [-0.3, -0.25) is 4.18 Å². The SMILES string of the molecule is COS(=O)(=O)CC1CCC(NC(=O)OC(C)(C)C)C1. The topological polar surface area (TPSA) is 81.7 Å². The quantitative estimate of drug-likeness (QED) is 0.797. The second kappa shape index (κ2) is 6.09. The van der Waals surface area contributed by atoms with Crippen LogP contribution in [0.25, 0.3) is 0 Å². The highest BCUT2D eigenvalue weighted by atomic mass is 32.2. The van der Waals surface area contributed by atoms with Crippen molar-refractivity contribution in [3.63, 3.8) is 0 Å². The number of nitrogens with one attached hydrogen (secondary N) is 1. The second-order valence-corrected chi connectivity index (χ2v) is 7.70. The van der Waals surface area contributed by atoms with Crippen molar-refractivity contribution in [2.45, 2.75) is 51.7 Å². The predicted molar refractivity (Wildman–Crippen MR) is 71.3 cm³/mol. The Hall–Kier alpha value is -0.820. The molecule has 0 saturated heterocycles. The lowest BCUT2D eigenvalue weighted by molar-refractivity contribution is 0.0505. The number of ether oxygens (including phenoxy) is 1. The van der Waals surface area contributed by atoms with Crippen LogP contribution in [0.15, 0.2) is 0 Å². The molecule has 0 spiro atoms. The number of carbonyl (C=O) groups excluding carboxylic acids is 1. The van der Waals surface area contributed by atoms with Gasteiger partial charge in [-0.2, -0.15) is 8.42 Å². The molecule has 1 amide bonds. The van der Waals surface area contributed by atoms with Crippen molar-refractivity contribution in [2.24, 2.45) is 5.92 Å². The number of rotatable bonds is 4. The van der Waals surface area contributed by atoms with Crippen molar-refractivity contribution < 1.29 is 22.1 Å². The van der Waals surface area contributed by atoms with Crippen LogP contribution in [-0.4, -0.2) is 39.0 Å². The second-order valence-electron chi connectivity index (χ2n) is 5.91. The maximum atomic E-state index is 11.6. The third-order valence-electron chi connectivity index (χ3n) is 2.96. The first-order valence-electron chi connectivity index (χ1n) is 6.39. The Kier molecular flexibility index (Phi) is 5.20. The van der Waals surface area contributed by atoms with E-state index >= 15 is 0 Å². The zero-order valence-electron chi connectivity index (χ0n) is 11.9. The first-order valence-corrected chi connectivity index (χ1v) is 7.97. The van der Waals surface area contributed by atoms with Crippen LogP contribution in [0.3, 0.4) is 0 Å². The van der Waals surface area contributed by atoms with Gasteiger partial charge in [0, 0.05) is 6.04 Å². The van der Waals surface area contributed by atoms with Gasteiger partial charge in [0.15, 0.2) is 0 Å². The molecule has 1 aliphatic carbocycles. The molecule has 19 heavy (non-hydrogen) atoms. The molecule has 0 aromatic carbocycles. The molecule has 0 aliphatic heterocycles. The molecule has 1 N–H and O–H groups in total. The van der Waals surface area contributed by atoms with E-state index in [0.717, 1.165) is 12.8 Å². The molecule has 2 atom stereocenters. The van der Waals surface area contributed by atoms with Gasteiger partial charge in [-0.05, 0) is 46.0 Å². The molecule has 1 rings (SSSR count). The lowest BCUT2D eigenvalue weighted by atomic mass is 10.1. The van der Waals surface area contributed by atoms with E-state index in [1.54, 1.807) is 20.8 Å². The fraction of sp³-hybridized carbons (Fsp3) is 0.917. The summed E-state index contributed by atoms with van der Waals surface area (Å²) >= 11 is 0. The monoisotopic (exact) mass is 293 g/mol. The summed E-state index contributed by atoms with van der Waals surface area (Å²) in [6.07, 6.45) is 1.72. The molecule has 1 fully saturated rings. The highest BCUT2D eigenvalue weighted by Gasteiger charge is 2.30. The third-order valence-corrected chi connectivity index (χ3v) is 4.34. The van der Waals surface area contributed by atoms with Gasteiger partial charge < -0.3 is 10.1 Å². The van der Waals surface area contributed by atoms with Crippen LogP contribution in [-0.2, 0) is 19.0 Å². The zero-order valence-corrected chi connectivity index (χ0v) is 12.7. The minimum atomic E-state index is -3.43. The number of carbonyl (C=O) groups is 1. The van der Waals surface area contributed by atoms with E-state index in [4.69, 9.17) is 4.74 Å². The van der Waals surface area contributed by atoms with Crippen LogP contribution in [0.5, 0.6) is 0 Å². The van der Waals surface area contributed by atoms with Crippen LogP contribution in [0.1, 0.15) is 40.0 Å². The number of hydrogen-bond acceptors (Lipinski definition) is 5. The average Bonchev–Trinajstić information content (AvgIpc) is 2.61. The summed E-state index contributed by atoms with van der Waals surface area (Å²) in [6.45, 7) is 5.40. The van der Waals surface area contributed by atoms with Crippen molar-refractivity contribution in [3.8, 4) is 0 Å². The summed E-state index contributed by atoms with van der Waals surface area (Å²) in [5.41, 5.74) is -0.526. The maximum Gasteiger partial charge on any atom is 0.407 e. The number of hydrogen-bond donors (Lipinski definition) is 1. The molecule has 6 nitrogen and oxygen atoms in total. The first kappa shape index (κ1) is 16.2. The van der Waals surface area contributed by atoms with Crippen molar-refractivity contribution >= 4 is 16.2 Å². The van der Waals surface area contributed by atoms with Gasteiger partial charge in [-0.15, -0.1) is 0 Å². The molecule has 1 saturated carbocycles. The Labute approximate surface area is 115 Å². The molecule has 0 aromatic heterocycles. The van der Waals surface area contributed by atoms with Crippen molar-refractivity contribution in [2.75, 3.05) is 12.9 Å². The largest absolute Gasteiger partial charge is 0.444 e. The molecular weight excluding hydrogens is 270 g/mol. The highest BCUT2D eigenvalue weighted by Crippen LogP contribution is 2.27. The lowest BCUT2D eigenvalue weighted by Gasteiger charge is -2.21. The fourth-order valence-corrected chi connectivity index (χ4v) is 3.20. The molecule has 112 valence electrons. The maximum absolute atomic E-state index is 11.6. The van der Waals surface area contributed by atoms with E-state index in [-0.39, 0.29) is 17.7 Å². The minimum absolute atomic E-state index is 0.00992. The summed E-state index contributed by atoms with van der Waals surface area (Å²) in [5, 5.41) is 2.77. The minimum Gasteiger partial charge on any atom is -0.444 e. The summed E-state index contributed by atoms with van der Waals surface area (Å²) in [6, 6.07) is -0.0214. The first-order chi connectivity index (χ1) is 8.61. The van der Waals surface area contributed by atoms with Crippen LogP contribution in [0, 0.1) is 5.92 Å². The molecule has 2 unspecified atom stereocenters. The van der Waals surface area contributed by atoms with Gasteiger partial charge in [-0.25, -0.2) is 4.79 Å². The normalized spacial score (nSPS) is 24.2. The van der Waals surface area contributed by atoms with E-state index in [1.807, 2.05) is 0 Å². The van der Waals surface area contributed by atoms with Crippen LogP contribution in [0.4, 0.5) is 4.79 Å². The fourth-order valence-electron chi connectivity index (χ4n) is 2.19. The summed E-state index contributed by atoms with van der Waals surface area (Å²) in [7, 11) is -2.26. The van der Waals surface area contributed by atoms with Gasteiger partial charge in [0.25, 0.3) is 10.1 Å². The smallest absolute Gasteiger partial charge is 0.407 e. The lowest BCUT2D eigenvalue weighted by Crippen LogP contribution is -2.38. The summed E-state index contributed by atoms with van der Waals surface area (Å²) in [5.74, 6) is 0.0422. The van der Waals surface area contributed by atoms with Crippen LogP contribution >= 0.6 is 0 Å². The Morgan fingerprint density at radius 3 is 2.47 bits per heavy atom. The number of alkyl carbamates (subject to hydrolysis) is 1. The molecule has 0 radical (unpaired) electrons. The molecule has 1 aliphatic rings. The van der Waals surface area contributed by atoms with Crippen LogP contribution < -0.4 is 5.32 Å². The Bertz CT molecular complexity index is 412. The van der Waals surface area contributed by atoms with E-state index in [9.17, 15) is 13.2 Å². The van der Waals surface area contributed by atoms with Crippen molar-refractivity contribution in [3.05, 3.63) is 0 Å². The molecule has 0 heterocycles. The molecule has 0 bridgehead atoms. The molecule has 7 heteroatoms. The third kappa shape index (κ3) is 6.24. The zero-order chi connectivity index (χ0) is 14.7. The van der Waals surface area contributed by atoms with Crippen molar-refractivity contribution in [1.29, 1.82) is 0 Å². The molecular formula is C12H23NO5S. The van der Waals surface area contributed by atoms with E-state index < -0.39 is 21.8 Å². The van der Waals surface area contributed by atoms with E-state index in [0.29, 0.717) is 6.42 Å². The van der Waals surface area contributed by atoms with Crippen LogP contribution in [0.2, 0.25) is 0 Å². The summed E-state index contributed by atoms with van der Waals surface area (Å²) < 4.78 is 32.3. The standard InChI is InChI=1S/C12H23NO5S/c1-12(2,3)18-11(14)13-10-6-5-9(7-10)8-19(15,16)17-4/h9-10H,5-8H2,1-4H3,(H,13,14). The van der Waals surface area contributed by atoms with E-state index in [1.165, 1.54) is 7.11 Å². The van der Waals surface area contributed by atoms with Gasteiger partial charge in [0.2, 0.25) is 0 Å². The highest BCUT2D eigenvalue weighted by molar-refractivity contribution is 7.86. The summed E-state index contributed by atoms with van der Waals surface area (Å²) in [4.78, 5) is 11.6. The van der Waals surface area contributed by atoms with Gasteiger partial charge >= 0.3 is 6.09 Å².